The highest BCUT2D eigenvalue weighted by Crippen LogP contribution is 2.36. The topological polar surface area (TPSA) is 58.6 Å². The van der Waals surface area contributed by atoms with E-state index in [-0.39, 0.29) is 6.42 Å². The van der Waals surface area contributed by atoms with Crippen LogP contribution in [0.5, 0.6) is 0 Å². The van der Waals surface area contributed by atoms with E-state index in [2.05, 4.69) is 11.9 Å². The zero-order valence-electron chi connectivity index (χ0n) is 11.8. The second-order valence-corrected chi connectivity index (χ2v) is 5.41. The van der Waals surface area contributed by atoms with E-state index in [0.29, 0.717) is 19.6 Å². The van der Waals surface area contributed by atoms with Gasteiger partial charge in [-0.15, -0.1) is 6.58 Å². The summed E-state index contributed by atoms with van der Waals surface area (Å²) in [6, 6.07) is 9.98. The SMILES string of the molecule is C=CC1(Cc2ccccc2)NCCOC1(C)CC(=O)O. The lowest BCUT2D eigenvalue weighted by Gasteiger charge is -2.50. The van der Waals surface area contributed by atoms with Gasteiger partial charge in [0.05, 0.1) is 24.2 Å². The van der Waals surface area contributed by atoms with Crippen molar-refractivity contribution >= 4 is 5.97 Å². The molecule has 1 heterocycles. The number of carbonyl (C=O) groups is 1. The number of hydrogen-bond donors (Lipinski definition) is 2. The van der Waals surface area contributed by atoms with Gasteiger partial charge in [0.15, 0.2) is 0 Å². The van der Waals surface area contributed by atoms with Crippen LogP contribution in [0.25, 0.3) is 0 Å². The Hall–Kier alpha value is -1.65. The van der Waals surface area contributed by atoms with E-state index in [9.17, 15) is 9.90 Å². The Balaban J connectivity index is 2.33. The molecule has 0 saturated carbocycles. The molecule has 0 aromatic heterocycles. The first-order chi connectivity index (χ1) is 9.51. The molecular formula is C16H21NO3. The van der Waals surface area contributed by atoms with E-state index in [1.54, 1.807) is 6.08 Å². The number of carboxylic acid groups (broad SMARTS) is 1. The third-order valence-electron chi connectivity index (χ3n) is 4.07. The molecule has 1 aromatic carbocycles. The van der Waals surface area contributed by atoms with Gasteiger partial charge >= 0.3 is 5.97 Å². The minimum Gasteiger partial charge on any atom is -0.481 e. The Morgan fingerprint density at radius 2 is 2.20 bits per heavy atom. The maximum Gasteiger partial charge on any atom is 0.306 e. The van der Waals surface area contributed by atoms with Crippen LogP contribution < -0.4 is 5.32 Å². The molecule has 0 radical (unpaired) electrons. The molecule has 2 rings (SSSR count). The van der Waals surface area contributed by atoms with Crippen LogP contribution in [0.2, 0.25) is 0 Å². The van der Waals surface area contributed by atoms with E-state index in [1.165, 1.54) is 0 Å². The van der Waals surface area contributed by atoms with Gasteiger partial charge in [-0.3, -0.25) is 4.79 Å². The standard InChI is InChI=1S/C16H21NO3/c1-3-16(11-13-7-5-4-6-8-13)15(2,12-14(18)19)20-10-9-17-16/h3-8,17H,1,9-12H2,2H3,(H,18,19). The van der Waals surface area contributed by atoms with Crippen molar-refractivity contribution in [1.82, 2.24) is 5.32 Å². The summed E-state index contributed by atoms with van der Waals surface area (Å²) >= 11 is 0. The fraction of sp³-hybridized carbons (Fsp3) is 0.438. The minimum atomic E-state index is -0.865. The summed E-state index contributed by atoms with van der Waals surface area (Å²) in [7, 11) is 0. The van der Waals surface area contributed by atoms with Crippen molar-refractivity contribution in [3.63, 3.8) is 0 Å². The van der Waals surface area contributed by atoms with Crippen LogP contribution in [0.4, 0.5) is 0 Å². The molecule has 1 saturated heterocycles. The second kappa shape index (κ2) is 5.77. The molecule has 2 unspecified atom stereocenters. The highest BCUT2D eigenvalue weighted by atomic mass is 16.5. The fourth-order valence-electron chi connectivity index (χ4n) is 2.89. The zero-order chi connectivity index (χ0) is 14.6. The van der Waals surface area contributed by atoms with E-state index in [4.69, 9.17) is 4.74 Å². The number of morpholine rings is 1. The molecule has 1 aromatic rings. The second-order valence-electron chi connectivity index (χ2n) is 5.41. The first kappa shape index (κ1) is 14.8. The van der Waals surface area contributed by atoms with Crippen molar-refractivity contribution in [3.05, 3.63) is 48.6 Å². The summed E-state index contributed by atoms with van der Waals surface area (Å²) in [6.45, 7) is 6.96. The number of rotatable bonds is 5. The van der Waals surface area contributed by atoms with Crippen molar-refractivity contribution in [2.75, 3.05) is 13.2 Å². The van der Waals surface area contributed by atoms with E-state index in [0.717, 1.165) is 5.56 Å². The summed E-state index contributed by atoms with van der Waals surface area (Å²) in [6.07, 6.45) is 2.39. The van der Waals surface area contributed by atoms with Gasteiger partial charge in [0.2, 0.25) is 0 Å². The van der Waals surface area contributed by atoms with Crippen molar-refractivity contribution in [2.45, 2.75) is 30.9 Å². The predicted molar refractivity (Wildman–Crippen MR) is 77.7 cm³/mol. The third-order valence-corrected chi connectivity index (χ3v) is 4.07. The maximum atomic E-state index is 11.2. The van der Waals surface area contributed by atoms with E-state index < -0.39 is 17.1 Å². The molecule has 4 heteroatoms. The number of carboxylic acids is 1. The van der Waals surface area contributed by atoms with Crippen molar-refractivity contribution < 1.29 is 14.6 Å². The number of nitrogens with one attached hydrogen (secondary N) is 1. The quantitative estimate of drug-likeness (QED) is 0.807. The fourth-order valence-corrected chi connectivity index (χ4v) is 2.89. The molecule has 0 spiro atoms. The van der Waals surface area contributed by atoms with E-state index >= 15 is 0 Å². The monoisotopic (exact) mass is 275 g/mol. The lowest BCUT2D eigenvalue weighted by molar-refractivity contribution is -0.156. The number of benzene rings is 1. The Morgan fingerprint density at radius 3 is 2.80 bits per heavy atom. The number of ether oxygens (including phenoxy) is 1. The van der Waals surface area contributed by atoms with Crippen molar-refractivity contribution in [2.24, 2.45) is 0 Å². The molecule has 1 aliphatic rings. The van der Waals surface area contributed by atoms with Gasteiger partial charge in [0, 0.05) is 6.54 Å². The molecule has 2 atom stereocenters. The predicted octanol–water partition coefficient (Wildman–Crippen LogP) is 2.01. The lowest BCUT2D eigenvalue weighted by Crippen LogP contribution is -2.67. The molecule has 4 nitrogen and oxygen atoms in total. The van der Waals surface area contributed by atoms with Gasteiger partial charge in [0.25, 0.3) is 0 Å². The Labute approximate surface area is 119 Å². The lowest BCUT2D eigenvalue weighted by atomic mass is 9.73. The molecule has 0 amide bonds. The number of aliphatic carboxylic acids is 1. The molecule has 2 N–H and O–H groups in total. The number of hydrogen-bond acceptors (Lipinski definition) is 3. The summed E-state index contributed by atoms with van der Waals surface area (Å²) in [5, 5.41) is 12.6. The Bertz CT molecular complexity index is 488. The van der Waals surface area contributed by atoms with Gasteiger partial charge in [-0.2, -0.15) is 0 Å². The highest BCUT2D eigenvalue weighted by Gasteiger charge is 2.50. The van der Waals surface area contributed by atoms with Gasteiger partial charge in [0.1, 0.15) is 0 Å². The van der Waals surface area contributed by atoms with Gasteiger partial charge in [-0.25, -0.2) is 0 Å². The smallest absolute Gasteiger partial charge is 0.306 e. The van der Waals surface area contributed by atoms with Gasteiger partial charge in [-0.05, 0) is 18.9 Å². The van der Waals surface area contributed by atoms with Crippen LogP contribution in [0, 0.1) is 0 Å². The van der Waals surface area contributed by atoms with Crippen LogP contribution in [0.1, 0.15) is 18.9 Å². The normalized spacial score (nSPS) is 29.9. The molecule has 1 aliphatic heterocycles. The van der Waals surface area contributed by atoms with Gasteiger partial charge in [-0.1, -0.05) is 36.4 Å². The summed E-state index contributed by atoms with van der Waals surface area (Å²) < 4.78 is 5.84. The molecule has 20 heavy (non-hydrogen) atoms. The molecule has 108 valence electrons. The molecule has 0 aliphatic carbocycles. The van der Waals surface area contributed by atoms with Crippen molar-refractivity contribution in [3.8, 4) is 0 Å². The molecule has 1 fully saturated rings. The average Bonchev–Trinajstić information content (AvgIpc) is 2.42. The Kier molecular flexibility index (Phi) is 4.26. The largest absolute Gasteiger partial charge is 0.481 e. The first-order valence-corrected chi connectivity index (χ1v) is 6.80. The van der Waals surface area contributed by atoms with Crippen LogP contribution in [-0.2, 0) is 16.0 Å². The van der Waals surface area contributed by atoms with E-state index in [1.807, 2.05) is 37.3 Å². The summed E-state index contributed by atoms with van der Waals surface area (Å²) in [5.41, 5.74) is -0.262. The van der Waals surface area contributed by atoms with Crippen molar-refractivity contribution in [1.29, 1.82) is 0 Å². The summed E-state index contributed by atoms with van der Waals surface area (Å²) in [4.78, 5) is 11.2. The molecular weight excluding hydrogens is 254 g/mol. The average molecular weight is 275 g/mol. The minimum absolute atomic E-state index is 0.0567. The third kappa shape index (κ3) is 2.76. The van der Waals surface area contributed by atoms with Crippen LogP contribution >= 0.6 is 0 Å². The zero-order valence-corrected chi connectivity index (χ0v) is 11.8. The highest BCUT2D eigenvalue weighted by molar-refractivity contribution is 5.68. The van der Waals surface area contributed by atoms with Crippen LogP contribution in [-0.4, -0.2) is 35.4 Å². The van der Waals surface area contributed by atoms with Crippen LogP contribution in [0.3, 0.4) is 0 Å². The maximum absolute atomic E-state index is 11.2. The first-order valence-electron chi connectivity index (χ1n) is 6.80. The summed E-state index contributed by atoms with van der Waals surface area (Å²) in [5.74, 6) is -0.865. The van der Waals surface area contributed by atoms with Gasteiger partial charge < -0.3 is 15.2 Å². The Morgan fingerprint density at radius 1 is 1.50 bits per heavy atom. The molecule has 0 bridgehead atoms. The van der Waals surface area contributed by atoms with Crippen LogP contribution in [0.15, 0.2) is 43.0 Å².